The molecule has 1 aromatic carbocycles. The van der Waals surface area contributed by atoms with Crippen LogP contribution in [0.15, 0.2) is 42.5 Å². The van der Waals surface area contributed by atoms with E-state index in [0.29, 0.717) is 16.9 Å². The van der Waals surface area contributed by atoms with E-state index in [0.717, 1.165) is 18.4 Å². The maximum Gasteiger partial charge on any atom is 0.131 e. The minimum absolute atomic E-state index is 0.184. The second-order valence-corrected chi connectivity index (χ2v) is 5.61. The van der Waals surface area contributed by atoms with Gasteiger partial charge in [-0.25, -0.2) is 4.98 Å². The van der Waals surface area contributed by atoms with E-state index in [1.54, 1.807) is 12.1 Å². The summed E-state index contributed by atoms with van der Waals surface area (Å²) in [7, 11) is 0. The quantitative estimate of drug-likeness (QED) is 0.757. The summed E-state index contributed by atoms with van der Waals surface area (Å²) in [6.07, 6.45) is 1.62. The van der Waals surface area contributed by atoms with Gasteiger partial charge in [0.25, 0.3) is 0 Å². The van der Waals surface area contributed by atoms with Crippen molar-refractivity contribution < 1.29 is 5.11 Å². The number of rotatable bonds is 7. The fourth-order valence-electron chi connectivity index (χ4n) is 2.22. The van der Waals surface area contributed by atoms with Gasteiger partial charge >= 0.3 is 0 Å². The van der Waals surface area contributed by atoms with Crippen molar-refractivity contribution in [3.8, 4) is 0 Å². The van der Waals surface area contributed by atoms with Crippen molar-refractivity contribution in [3.05, 3.63) is 63.9 Å². The smallest absolute Gasteiger partial charge is 0.131 e. The maximum atomic E-state index is 9.05. The highest BCUT2D eigenvalue weighted by Gasteiger charge is 2.10. The van der Waals surface area contributed by atoms with Crippen LogP contribution in [0, 0.1) is 0 Å². The first-order valence-electron chi connectivity index (χ1n) is 6.90. The molecule has 0 saturated heterocycles. The van der Waals surface area contributed by atoms with Crippen molar-refractivity contribution in [2.45, 2.75) is 25.4 Å². The molecule has 0 amide bonds. The average Bonchev–Trinajstić information content (AvgIpc) is 2.47. The topological polar surface area (TPSA) is 45.1 Å². The molecule has 1 heterocycles. The predicted octanol–water partition coefficient (Wildman–Crippen LogP) is 3.99. The molecule has 3 nitrogen and oxygen atoms in total. The Morgan fingerprint density at radius 3 is 2.38 bits per heavy atom. The van der Waals surface area contributed by atoms with Crippen molar-refractivity contribution in [1.29, 1.82) is 0 Å². The monoisotopic (exact) mass is 324 g/mol. The molecule has 1 atom stereocenters. The highest BCUT2D eigenvalue weighted by Crippen LogP contribution is 2.20. The number of hydrogen-bond acceptors (Lipinski definition) is 3. The van der Waals surface area contributed by atoms with E-state index in [4.69, 9.17) is 28.3 Å². The molecule has 2 aromatic rings. The molecule has 0 saturated carbocycles. The molecule has 0 aliphatic heterocycles. The summed E-state index contributed by atoms with van der Waals surface area (Å²) in [6.45, 7) is 0.838. The normalized spacial score (nSPS) is 12.3. The third-order valence-electron chi connectivity index (χ3n) is 3.23. The highest BCUT2D eigenvalue weighted by molar-refractivity contribution is 6.32. The summed E-state index contributed by atoms with van der Waals surface area (Å²) >= 11 is 11.8. The van der Waals surface area contributed by atoms with Crippen LogP contribution >= 0.6 is 23.2 Å². The van der Waals surface area contributed by atoms with Crippen LogP contribution in [0.2, 0.25) is 10.3 Å². The van der Waals surface area contributed by atoms with E-state index < -0.39 is 0 Å². The standard InChI is InChI=1S/C16H18Cl2N2O/c17-15-9-12(10-16(18)20-15)11-19-14(7-4-8-21)13-5-2-1-3-6-13/h1-3,5-6,9-10,14,19,21H,4,7-8,11H2. The average molecular weight is 325 g/mol. The number of benzene rings is 1. The summed E-state index contributed by atoms with van der Waals surface area (Å²) in [4.78, 5) is 3.94. The van der Waals surface area contributed by atoms with Gasteiger partial charge in [-0.2, -0.15) is 0 Å². The fourth-order valence-corrected chi connectivity index (χ4v) is 2.73. The third kappa shape index (κ3) is 5.29. The molecule has 1 unspecified atom stereocenters. The largest absolute Gasteiger partial charge is 0.396 e. The van der Waals surface area contributed by atoms with E-state index in [9.17, 15) is 0 Å². The summed E-state index contributed by atoms with van der Waals surface area (Å²) < 4.78 is 0. The Hall–Kier alpha value is -1.13. The van der Waals surface area contributed by atoms with E-state index in [1.807, 2.05) is 18.2 Å². The molecule has 0 aliphatic rings. The van der Waals surface area contributed by atoms with Crippen molar-refractivity contribution in [2.24, 2.45) is 0 Å². The second kappa shape index (κ2) is 8.35. The van der Waals surface area contributed by atoms with Crippen LogP contribution in [0.3, 0.4) is 0 Å². The SMILES string of the molecule is OCCCC(NCc1cc(Cl)nc(Cl)c1)c1ccccc1. The van der Waals surface area contributed by atoms with E-state index in [1.165, 1.54) is 5.56 Å². The van der Waals surface area contributed by atoms with E-state index in [2.05, 4.69) is 22.4 Å². The van der Waals surface area contributed by atoms with Gasteiger partial charge in [-0.1, -0.05) is 53.5 Å². The van der Waals surface area contributed by atoms with Gasteiger partial charge in [0, 0.05) is 19.2 Å². The zero-order chi connectivity index (χ0) is 15.1. The zero-order valence-electron chi connectivity index (χ0n) is 11.6. The Kier molecular flexibility index (Phi) is 6.46. The number of nitrogens with zero attached hydrogens (tertiary/aromatic N) is 1. The van der Waals surface area contributed by atoms with Crippen LogP contribution in [0.4, 0.5) is 0 Å². The minimum atomic E-state index is 0.184. The lowest BCUT2D eigenvalue weighted by atomic mass is 10.0. The van der Waals surface area contributed by atoms with Gasteiger partial charge in [-0.15, -0.1) is 0 Å². The fraction of sp³-hybridized carbons (Fsp3) is 0.312. The van der Waals surface area contributed by atoms with Crippen molar-refractivity contribution in [2.75, 3.05) is 6.61 Å². The van der Waals surface area contributed by atoms with Gasteiger partial charge in [0.2, 0.25) is 0 Å². The second-order valence-electron chi connectivity index (χ2n) is 4.83. The number of aliphatic hydroxyl groups is 1. The van der Waals surface area contributed by atoms with Crippen LogP contribution in [-0.2, 0) is 6.54 Å². The number of halogens is 2. The Balaban J connectivity index is 2.05. The summed E-state index contributed by atoms with van der Waals surface area (Å²) in [5.74, 6) is 0. The number of nitrogens with one attached hydrogen (secondary N) is 1. The summed E-state index contributed by atoms with van der Waals surface area (Å²) in [5, 5.41) is 13.3. The minimum Gasteiger partial charge on any atom is -0.396 e. The van der Waals surface area contributed by atoms with E-state index in [-0.39, 0.29) is 12.6 Å². The third-order valence-corrected chi connectivity index (χ3v) is 3.62. The molecule has 0 radical (unpaired) electrons. The van der Waals surface area contributed by atoms with Crippen molar-refractivity contribution >= 4 is 23.2 Å². The maximum absolute atomic E-state index is 9.05. The first kappa shape index (κ1) is 16.2. The molecule has 5 heteroatoms. The van der Waals surface area contributed by atoms with Gasteiger partial charge in [0.05, 0.1) is 0 Å². The first-order chi connectivity index (χ1) is 10.2. The van der Waals surface area contributed by atoms with Crippen LogP contribution in [0.5, 0.6) is 0 Å². The Morgan fingerprint density at radius 1 is 1.10 bits per heavy atom. The summed E-state index contributed by atoms with van der Waals surface area (Å²) in [6, 6.07) is 14.0. The zero-order valence-corrected chi connectivity index (χ0v) is 13.1. The Morgan fingerprint density at radius 2 is 1.76 bits per heavy atom. The molecule has 0 aliphatic carbocycles. The van der Waals surface area contributed by atoms with Crippen molar-refractivity contribution in [1.82, 2.24) is 10.3 Å². The molecule has 0 bridgehead atoms. The molecular formula is C16H18Cl2N2O. The molecule has 2 rings (SSSR count). The summed E-state index contributed by atoms with van der Waals surface area (Å²) in [5.41, 5.74) is 2.20. The van der Waals surface area contributed by atoms with Crippen LogP contribution in [-0.4, -0.2) is 16.7 Å². The van der Waals surface area contributed by atoms with Crippen molar-refractivity contribution in [3.63, 3.8) is 0 Å². The molecule has 1 aromatic heterocycles. The lowest BCUT2D eigenvalue weighted by Gasteiger charge is -2.19. The number of pyridine rings is 1. The first-order valence-corrected chi connectivity index (χ1v) is 7.66. The number of hydrogen-bond donors (Lipinski definition) is 2. The molecule has 112 valence electrons. The molecule has 21 heavy (non-hydrogen) atoms. The lowest BCUT2D eigenvalue weighted by Crippen LogP contribution is -2.21. The highest BCUT2D eigenvalue weighted by atomic mass is 35.5. The molecular weight excluding hydrogens is 307 g/mol. The van der Waals surface area contributed by atoms with Gasteiger partial charge in [0.15, 0.2) is 0 Å². The Bertz CT molecular complexity index is 543. The van der Waals surface area contributed by atoms with Gasteiger partial charge < -0.3 is 10.4 Å². The number of aliphatic hydroxyl groups excluding tert-OH is 1. The van der Waals surface area contributed by atoms with E-state index >= 15 is 0 Å². The Labute approximate surface area is 134 Å². The number of aromatic nitrogens is 1. The lowest BCUT2D eigenvalue weighted by molar-refractivity contribution is 0.275. The van der Waals surface area contributed by atoms with Gasteiger partial charge in [0.1, 0.15) is 10.3 Å². The predicted molar refractivity (Wildman–Crippen MR) is 86.6 cm³/mol. The molecule has 0 spiro atoms. The van der Waals surface area contributed by atoms with Crippen LogP contribution in [0.1, 0.15) is 30.0 Å². The molecule has 0 fully saturated rings. The van der Waals surface area contributed by atoms with Crippen LogP contribution < -0.4 is 5.32 Å². The van der Waals surface area contributed by atoms with Crippen LogP contribution in [0.25, 0.3) is 0 Å². The molecule has 2 N–H and O–H groups in total. The van der Waals surface area contributed by atoms with Gasteiger partial charge in [-0.05, 0) is 36.1 Å². The van der Waals surface area contributed by atoms with Gasteiger partial charge in [-0.3, -0.25) is 0 Å².